The monoisotopic (exact) mass is 199 g/mol. The summed E-state index contributed by atoms with van der Waals surface area (Å²) < 4.78 is 4.96. The van der Waals surface area contributed by atoms with Gasteiger partial charge < -0.3 is 4.74 Å². The zero-order valence-electron chi connectivity index (χ0n) is 7.27. The minimum absolute atomic E-state index is 0.0609. The first kappa shape index (κ1) is 9.85. The van der Waals surface area contributed by atoms with E-state index in [4.69, 9.17) is 4.74 Å². The van der Waals surface area contributed by atoms with Gasteiger partial charge in [-0.1, -0.05) is 0 Å². The lowest BCUT2D eigenvalue weighted by Gasteiger charge is -2.04. The van der Waals surface area contributed by atoms with Crippen LogP contribution in [0.5, 0.6) is 5.75 Å². The van der Waals surface area contributed by atoms with E-state index in [0.29, 0.717) is 16.2 Å². The van der Waals surface area contributed by atoms with Gasteiger partial charge in [-0.15, -0.1) is 12.6 Å². The molecule has 0 radical (unpaired) electrons. The molecule has 0 amide bonds. The summed E-state index contributed by atoms with van der Waals surface area (Å²) in [6.07, 6.45) is 0. The standard InChI is InChI=1S/C8H9NO3S/c1-5-3-7(12-2)8(13)4-6(5)9(10)11/h3-4,13H,1-2H3. The van der Waals surface area contributed by atoms with Crippen LogP contribution in [0, 0.1) is 17.0 Å². The van der Waals surface area contributed by atoms with Gasteiger partial charge in [0.1, 0.15) is 5.75 Å². The lowest BCUT2D eigenvalue weighted by Crippen LogP contribution is -1.93. The fraction of sp³-hybridized carbons (Fsp3) is 0.250. The number of hydrogen-bond acceptors (Lipinski definition) is 4. The Kier molecular flexibility index (Phi) is 2.77. The van der Waals surface area contributed by atoms with Gasteiger partial charge in [-0.25, -0.2) is 0 Å². The van der Waals surface area contributed by atoms with E-state index in [-0.39, 0.29) is 5.69 Å². The molecule has 0 unspecified atom stereocenters. The summed E-state index contributed by atoms with van der Waals surface area (Å²) in [6.45, 7) is 1.66. The number of aryl methyl sites for hydroxylation is 1. The highest BCUT2D eigenvalue weighted by Crippen LogP contribution is 2.30. The lowest BCUT2D eigenvalue weighted by molar-refractivity contribution is -0.385. The minimum atomic E-state index is -0.436. The first-order valence-electron chi connectivity index (χ1n) is 3.58. The third kappa shape index (κ3) is 1.92. The highest BCUT2D eigenvalue weighted by molar-refractivity contribution is 7.80. The molecule has 1 rings (SSSR count). The highest BCUT2D eigenvalue weighted by atomic mass is 32.1. The zero-order valence-corrected chi connectivity index (χ0v) is 8.17. The molecule has 5 heteroatoms. The van der Waals surface area contributed by atoms with E-state index in [1.807, 2.05) is 0 Å². The van der Waals surface area contributed by atoms with E-state index in [1.54, 1.807) is 13.0 Å². The van der Waals surface area contributed by atoms with Gasteiger partial charge in [0.05, 0.1) is 16.9 Å². The normalized spacial score (nSPS) is 9.77. The quantitative estimate of drug-likeness (QED) is 0.451. The van der Waals surface area contributed by atoms with Gasteiger partial charge in [0.2, 0.25) is 0 Å². The van der Waals surface area contributed by atoms with Crippen LogP contribution >= 0.6 is 12.6 Å². The first-order valence-corrected chi connectivity index (χ1v) is 4.03. The topological polar surface area (TPSA) is 52.4 Å². The Hall–Kier alpha value is -1.23. The predicted molar refractivity (Wildman–Crippen MR) is 51.6 cm³/mol. The van der Waals surface area contributed by atoms with Gasteiger partial charge in [-0.05, 0) is 13.0 Å². The fourth-order valence-corrected chi connectivity index (χ4v) is 1.30. The van der Waals surface area contributed by atoms with Crippen LogP contribution in [0.4, 0.5) is 5.69 Å². The summed E-state index contributed by atoms with van der Waals surface area (Å²) in [6, 6.07) is 2.98. The molecule has 4 nitrogen and oxygen atoms in total. The predicted octanol–water partition coefficient (Wildman–Crippen LogP) is 2.20. The second-order valence-electron chi connectivity index (χ2n) is 2.57. The molecule has 0 atom stereocenters. The molecule has 0 heterocycles. The summed E-state index contributed by atoms with van der Waals surface area (Å²) in [5.41, 5.74) is 0.630. The molecule has 13 heavy (non-hydrogen) atoms. The van der Waals surface area contributed by atoms with E-state index in [1.165, 1.54) is 13.2 Å². The zero-order chi connectivity index (χ0) is 10.0. The third-order valence-corrected chi connectivity index (χ3v) is 2.04. The Morgan fingerprint density at radius 2 is 2.15 bits per heavy atom. The fourth-order valence-electron chi connectivity index (χ4n) is 1.02. The number of benzene rings is 1. The number of methoxy groups -OCH3 is 1. The molecular weight excluding hydrogens is 190 g/mol. The largest absolute Gasteiger partial charge is 0.496 e. The number of nitrogens with zero attached hydrogens (tertiary/aromatic N) is 1. The molecular formula is C8H9NO3S. The molecule has 70 valence electrons. The van der Waals surface area contributed by atoms with E-state index in [9.17, 15) is 10.1 Å². The van der Waals surface area contributed by atoms with E-state index in [2.05, 4.69) is 12.6 Å². The maximum absolute atomic E-state index is 10.5. The van der Waals surface area contributed by atoms with Crippen LogP contribution in [-0.2, 0) is 0 Å². The molecule has 1 aromatic carbocycles. The van der Waals surface area contributed by atoms with Crippen LogP contribution in [0.2, 0.25) is 0 Å². The molecule has 0 aliphatic heterocycles. The Morgan fingerprint density at radius 3 is 2.62 bits per heavy atom. The number of ether oxygens (including phenoxy) is 1. The Morgan fingerprint density at radius 1 is 1.54 bits per heavy atom. The number of rotatable bonds is 2. The van der Waals surface area contributed by atoms with Crippen LogP contribution in [0.1, 0.15) is 5.56 Å². The maximum Gasteiger partial charge on any atom is 0.273 e. The summed E-state index contributed by atoms with van der Waals surface area (Å²) in [7, 11) is 1.50. The van der Waals surface area contributed by atoms with Crippen molar-refractivity contribution < 1.29 is 9.66 Å². The van der Waals surface area contributed by atoms with Crippen molar-refractivity contribution in [1.82, 2.24) is 0 Å². The van der Waals surface area contributed by atoms with Crippen LogP contribution in [-0.4, -0.2) is 12.0 Å². The van der Waals surface area contributed by atoms with Crippen molar-refractivity contribution in [2.75, 3.05) is 7.11 Å². The first-order chi connectivity index (χ1) is 6.06. The molecule has 0 saturated heterocycles. The third-order valence-electron chi connectivity index (χ3n) is 1.69. The molecule has 0 spiro atoms. The molecule has 0 aliphatic carbocycles. The lowest BCUT2D eigenvalue weighted by atomic mass is 10.2. The van der Waals surface area contributed by atoms with Crippen molar-refractivity contribution in [2.45, 2.75) is 11.8 Å². The average Bonchev–Trinajstić information content (AvgIpc) is 2.07. The van der Waals surface area contributed by atoms with Gasteiger partial charge in [-0.2, -0.15) is 0 Å². The maximum atomic E-state index is 10.5. The number of nitro groups is 1. The van der Waals surface area contributed by atoms with E-state index >= 15 is 0 Å². The van der Waals surface area contributed by atoms with Crippen LogP contribution in [0.3, 0.4) is 0 Å². The van der Waals surface area contributed by atoms with Crippen molar-refractivity contribution in [2.24, 2.45) is 0 Å². The molecule has 0 aliphatic rings. The SMILES string of the molecule is COc1cc(C)c([N+](=O)[O-])cc1S. The second kappa shape index (κ2) is 3.66. The molecule has 0 N–H and O–H groups in total. The van der Waals surface area contributed by atoms with Crippen molar-refractivity contribution in [3.63, 3.8) is 0 Å². The van der Waals surface area contributed by atoms with Crippen molar-refractivity contribution in [1.29, 1.82) is 0 Å². The van der Waals surface area contributed by atoms with Crippen molar-refractivity contribution >= 4 is 18.3 Å². The number of hydrogen-bond donors (Lipinski definition) is 1. The number of thiol groups is 1. The van der Waals surface area contributed by atoms with Crippen LogP contribution < -0.4 is 4.74 Å². The molecule has 0 aromatic heterocycles. The van der Waals surface area contributed by atoms with Gasteiger partial charge in [0.25, 0.3) is 5.69 Å². The van der Waals surface area contributed by atoms with E-state index in [0.717, 1.165) is 0 Å². The summed E-state index contributed by atoms with van der Waals surface area (Å²) in [4.78, 5) is 10.5. The Labute approximate surface area is 81.1 Å². The summed E-state index contributed by atoms with van der Waals surface area (Å²) >= 11 is 4.06. The summed E-state index contributed by atoms with van der Waals surface area (Å²) in [5.74, 6) is 0.548. The van der Waals surface area contributed by atoms with E-state index < -0.39 is 4.92 Å². The second-order valence-corrected chi connectivity index (χ2v) is 3.05. The minimum Gasteiger partial charge on any atom is -0.496 e. The van der Waals surface area contributed by atoms with Gasteiger partial charge in [-0.3, -0.25) is 10.1 Å². The Balaban J connectivity index is 3.28. The van der Waals surface area contributed by atoms with Crippen LogP contribution in [0.15, 0.2) is 17.0 Å². The van der Waals surface area contributed by atoms with Crippen molar-refractivity contribution in [3.8, 4) is 5.75 Å². The molecule has 0 fully saturated rings. The molecule has 0 bridgehead atoms. The number of nitro benzene ring substituents is 1. The molecule has 1 aromatic rings. The summed E-state index contributed by atoms with van der Waals surface area (Å²) in [5, 5.41) is 10.5. The van der Waals surface area contributed by atoms with Crippen molar-refractivity contribution in [3.05, 3.63) is 27.8 Å². The Bertz CT molecular complexity index is 351. The van der Waals surface area contributed by atoms with Gasteiger partial charge in [0.15, 0.2) is 0 Å². The highest BCUT2D eigenvalue weighted by Gasteiger charge is 2.13. The van der Waals surface area contributed by atoms with Gasteiger partial charge in [0, 0.05) is 11.6 Å². The molecule has 0 saturated carbocycles. The average molecular weight is 199 g/mol. The van der Waals surface area contributed by atoms with Gasteiger partial charge >= 0.3 is 0 Å². The van der Waals surface area contributed by atoms with Crippen LogP contribution in [0.25, 0.3) is 0 Å². The smallest absolute Gasteiger partial charge is 0.273 e.